The fourth-order valence-corrected chi connectivity index (χ4v) is 3.87. The number of amides is 2. The lowest BCUT2D eigenvalue weighted by Crippen LogP contribution is -2.49. The predicted octanol–water partition coefficient (Wildman–Crippen LogP) is 2.90. The minimum absolute atomic E-state index is 0.0898. The first-order valence-corrected chi connectivity index (χ1v) is 10.8. The summed E-state index contributed by atoms with van der Waals surface area (Å²) >= 11 is 0. The van der Waals surface area contributed by atoms with Crippen molar-refractivity contribution in [3.63, 3.8) is 0 Å². The van der Waals surface area contributed by atoms with Crippen molar-refractivity contribution in [2.24, 2.45) is 0 Å². The number of piperazine rings is 1. The number of benzene rings is 2. The average Bonchev–Trinajstić information content (AvgIpc) is 2.82. The Hall–Kier alpha value is -3.94. The first-order chi connectivity index (χ1) is 15.9. The maximum Gasteiger partial charge on any atom is 0.253 e. The SMILES string of the molecule is Cc1ccc(=O)n(CC(=O)Nc2ccc(C(=O)N3CCN(c4ccccc4F)CC3)cc2)c1. The van der Waals surface area contributed by atoms with E-state index in [1.807, 2.05) is 11.8 Å². The minimum atomic E-state index is -0.328. The van der Waals surface area contributed by atoms with Crippen LogP contribution in [0.5, 0.6) is 0 Å². The third-order valence-electron chi connectivity index (χ3n) is 5.62. The van der Waals surface area contributed by atoms with Gasteiger partial charge in [0.15, 0.2) is 0 Å². The van der Waals surface area contributed by atoms with Crippen LogP contribution in [0.1, 0.15) is 15.9 Å². The maximum atomic E-state index is 14.0. The van der Waals surface area contributed by atoms with Gasteiger partial charge in [-0.1, -0.05) is 18.2 Å². The van der Waals surface area contributed by atoms with Crippen molar-refractivity contribution >= 4 is 23.2 Å². The molecule has 0 spiro atoms. The van der Waals surface area contributed by atoms with Gasteiger partial charge < -0.3 is 19.7 Å². The summed E-state index contributed by atoms with van der Waals surface area (Å²) in [5, 5.41) is 2.75. The highest BCUT2D eigenvalue weighted by molar-refractivity contribution is 5.96. The van der Waals surface area contributed by atoms with E-state index >= 15 is 0 Å². The molecule has 2 aromatic carbocycles. The Morgan fingerprint density at radius 1 is 0.939 bits per heavy atom. The Bertz CT molecular complexity index is 1210. The number of nitrogens with zero attached hydrogens (tertiary/aromatic N) is 3. The van der Waals surface area contributed by atoms with Crippen LogP contribution in [0.4, 0.5) is 15.8 Å². The molecule has 170 valence electrons. The summed E-state index contributed by atoms with van der Waals surface area (Å²) in [6.45, 7) is 3.86. The van der Waals surface area contributed by atoms with Gasteiger partial charge in [-0.25, -0.2) is 4.39 Å². The number of hydrogen-bond acceptors (Lipinski definition) is 4. The summed E-state index contributed by atoms with van der Waals surface area (Å²) in [5.74, 6) is -0.694. The molecule has 0 bridgehead atoms. The lowest BCUT2D eigenvalue weighted by Gasteiger charge is -2.36. The van der Waals surface area contributed by atoms with Crippen molar-refractivity contribution in [1.29, 1.82) is 0 Å². The number of halogens is 1. The monoisotopic (exact) mass is 448 g/mol. The first kappa shape index (κ1) is 22.3. The second-order valence-electron chi connectivity index (χ2n) is 8.03. The number of carbonyl (C=O) groups excluding carboxylic acids is 2. The van der Waals surface area contributed by atoms with Crippen molar-refractivity contribution in [2.45, 2.75) is 13.5 Å². The molecule has 0 radical (unpaired) electrons. The molecule has 2 amide bonds. The van der Waals surface area contributed by atoms with Gasteiger partial charge in [0.2, 0.25) is 5.91 Å². The Kier molecular flexibility index (Phi) is 6.53. The molecule has 2 heterocycles. The van der Waals surface area contributed by atoms with Crippen molar-refractivity contribution in [3.8, 4) is 0 Å². The number of anilines is 2. The smallest absolute Gasteiger partial charge is 0.253 e. The highest BCUT2D eigenvalue weighted by Crippen LogP contribution is 2.21. The van der Waals surface area contributed by atoms with Gasteiger partial charge >= 0.3 is 0 Å². The number of para-hydroxylation sites is 1. The average molecular weight is 448 g/mol. The molecule has 4 rings (SSSR count). The van der Waals surface area contributed by atoms with Crippen LogP contribution in [0.2, 0.25) is 0 Å². The quantitative estimate of drug-likeness (QED) is 0.651. The van der Waals surface area contributed by atoms with Crippen LogP contribution >= 0.6 is 0 Å². The molecule has 8 heteroatoms. The second kappa shape index (κ2) is 9.68. The lowest BCUT2D eigenvalue weighted by atomic mass is 10.1. The van der Waals surface area contributed by atoms with Crippen LogP contribution in [0.15, 0.2) is 71.7 Å². The summed E-state index contributed by atoms with van der Waals surface area (Å²) in [5.41, 5.74) is 2.26. The number of pyridine rings is 1. The Morgan fingerprint density at radius 2 is 1.64 bits per heavy atom. The Balaban J connectivity index is 1.33. The van der Waals surface area contributed by atoms with Crippen LogP contribution in [0, 0.1) is 12.7 Å². The molecule has 1 fully saturated rings. The predicted molar refractivity (Wildman–Crippen MR) is 125 cm³/mol. The summed E-state index contributed by atoms with van der Waals surface area (Å²) in [4.78, 5) is 40.7. The Morgan fingerprint density at radius 3 is 2.33 bits per heavy atom. The molecule has 0 atom stereocenters. The van der Waals surface area contributed by atoms with Crippen LogP contribution in [-0.4, -0.2) is 47.5 Å². The van der Waals surface area contributed by atoms with Crippen molar-refractivity contribution in [1.82, 2.24) is 9.47 Å². The van der Waals surface area contributed by atoms with Crippen LogP contribution in [-0.2, 0) is 11.3 Å². The molecule has 3 aromatic rings. The molecular weight excluding hydrogens is 423 g/mol. The van der Waals surface area contributed by atoms with Crippen LogP contribution < -0.4 is 15.8 Å². The first-order valence-electron chi connectivity index (χ1n) is 10.8. The third-order valence-corrected chi connectivity index (χ3v) is 5.62. The summed E-state index contributed by atoms with van der Waals surface area (Å²) in [7, 11) is 0. The third kappa shape index (κ3) is 5.28. The highest BCUT2D eigenvalue weighted by Gasteiger charge is 2.23. The lowest BCUT2D eigenvalue weighted by molar-refractivity contribution is -0.116. The molecule has 7 nitrogen and oxygen atoms in total. The summed E-state index contributed by atoms with van der Waals surface area (Å²) in [6.07, 6.45) is 1.63. The maximum absolute atomic E-state index is 14.0. The van der Waals surface area contributed by atoms with E-state index in [1.54, 1.807) is 59.6 Å². The molecule has 1 aliphatic heterocycles. The van der Waals surface area contributed by atoms with E-state index in [0.29, 0.717) is 43.1 Å². The molecular formula is C25H25FN4O3. The number of aryl methyl sites for hydroxylation is 1. The number of carbonyl (C=O) groups is 2. The van der Waals surface area contributed by atoms with E-state index in [1.165, 1.54) is 16.7 Å². The fraction of sp³-hybridized carbons (Fsp3) is 0.240. The van der Waals surface area contributed by atoms with E-state index in [4.69, 9.17) is 0 Å². The largest absolute Gasteiger partial charge is 0.366 e. The van der Waals surface area contributed by atoms with Crippen molar-refractivity contribution < 1.29 is 14.0 Å². The van der Waals surface area contributed by atoms with E-state index < -0.39 is 0 Å². The van der Waals surface area contributed by atoms with E-state index in [0.717, 1.165) is 5.56 Å². The van der Waals surface area contributed by atoms with Crippen LogP contribution in [0.25, 0.3) is 0 Å². The molecule has 0 saturated carbocycles. The van der Waals surface area contributed by atoms with Gasteiger partial charge in [0.1, 0.15) is 12.4 Å². The topological polar surface area (TPSA) is 74.6 Å². The molecule has 1 aromatic heterocycles. The summed E-state index contributed by atoms with van der Waals surface area (Å²) in [6, 6.07) is 16.4. The molecule has 0 aliphatic carbocycles. The van der Waals surface area contributed by atoms with Gasteiger partial charge in [0, 0.05) is 49.7 Å². The zero-order valence-electron chi connectivity index (χ0n) is 18.3. The van der Waals surface area contributed by atoms with Gasteiger partial charge in [-0.05, 0) is 48.9 Å². The van der Waals surface area contributed by atoms with E-state index in [9.17, 15) is 18.8 Å². The van der Waals surface area contributed by atoms with Gasteiger partial charge in [0.25, 0.3) is 11.5 Å². The van der Waals surface area contributed by atoms with E-state index in [2.05, 4.69) is 5.32 Å². The number of rotatable bonds is 5. The molecule has 0 unspecified atom stereocenters. The second-order valence-corrected chi connectivity index (χ2v) is 8.03. The number of nitrogens with one attached hydrogen (secondary N) is 1. The highest BCUT2D eigenvalue weighted by atomic mass is 19.1. The number of hydrogen-bond donors (Lipinski definition) is 1. The molecule has 1 N–H and O–H groups in total. The zero-order chi connectivity index (χ0) is 23.4. The van der Waals surface area contributed by atoms with Gasteiger partial charge in [0.05, 0.1) is 5.69 Å². The van der Waals surface area contributed by atoms with Gasteiger partial charge in [-0.15, -0.1) is 0 Å². The van der Waals surface area contributed by atoms with Crippen LogP contribution in [0.3, 0.4) is 0 Å². The standard InChI is InChI=1S/C25H25FN4O3/c1-18-6-11-24(32)30(16-18)17-23(31)27-20-9-7-19(8-10-20)25(33)29-14-12-28(13-15-29)22-5-3-2-4-21(22)26/h2-11,16H,12-15,17H2,1H3,(H,27,31). The van der Waals surface area contributed by atoms with Crippen molar-refractivity contribution in [2.75, 3.05) is 36.4 Å². The van der Waals surface area contributed by atoms with E-state index in [-0.39, 0.29) is 29.7 Å². The van der Waals surface area contributed by atoms with Gasteiger partial charge in [-0.2, -0.15) is 0 Å². The van der Waals surface area contributed by atoms with Crippen molar-refractivity contribution in [3.05, 3.63) is 94.2 Å². The van der Waals surface area contributed by atoms with Gasteiger partial charge in [-0.3, -0.25) is 14.4 Å². The normalized spacial score (nSPS) is 13.6. The molecule has 1 aliphatic rings. The molecule has 1 saturated heterocycles. The Labute approximate surface area is 191 Å². The fourth-order valence-electron chi connectivity index (χ4n) is 3.87. The molecule has 33 heavy (non-hydrogen) atoms. The zero-order valence-corrected chi connectivity index (χ0v) is 18.3. The summed E-state index contributed by atoms with van der Waals surface area (Å²) < 4.78 is 15.4. The minimum Gasteiger partial charge on any atom is -0.366 e. The number of aromatic nitrogens is 1.